The number of β-amino-alcohol motifs (C(OH)–C–C–N with tert-alkyl or cyclic N) is 1. The number of nitrogens with one attached hydrogen (secondary N) is 1. The summed E-state index contributed by atoms with van der Waals surface area (Å²) >= 11 is 0. The van der Waals surface area contributed by atoms with Crippen LogP contribution in [0.5, 0.6) is 11.5 Å². The molecule has 0 radical (unpaired) electrons. The van der Waals surface area contributed by atoms with E-state index in [0.717, 1.165) is 58.2 Å². The van der Waals surface area contributed by atoms with Crippen LogP contribution < -0.4 is 9.47 Å². The first kappa shape index (κ1) is 19.2. The minimum absolute atomic E-state index is 0.0446. The third kappa shape index (κ3) is 3.36. The second kappa shape index (κ2) is 7.85. The largest absolute Gasteiger partial charge is 0.463 e. The van der Waals surface area contributed by atoms with Gasteiger partial charge in [0.2, 0.25) is 6.79 Å². The van der Waals surface area contributed by atoms with Crippen molar-refractivity contribution < 1.29 is 19.0 Å². The molecule has 0 aliphatic carbocycles. The van der Waals surface area contributed by atoms with Gasteiger partial charge in [-0.2, -0.15) is 5.10 Å². The summed E-state index contributed by atoms with van der Waals surface area (Å²) in [5, 5.41) is 17.6. The van der Waals surface area contributed by atoms with E-state index in [2.05, 4.69) is 39.4 Å². The number of benzene rings is 2. The Hall–Kier alpha value is -3.55. The molecule has 2 unspecified atom stereocenters. The summed E-state index contributed by atoms with van der Waals surface area (Å²) in [7, 11) is 0. The molecule has 32 heavy (non-hydrogen) atoms. The second-order valence-electron chi connectivity index (χ2n) is 8.21. The molecule has 1 fully saturated rings. The average Bonchev–Trinajstić information content (AvgIpc) is 3.61. The van der Waals surface area contributed by atoms with Crippen LogP contribution in [0.4, 0.5) is 0 Å². The van der Waals surface area contributed by atoms with Crippen LogP contribution >= 0.6 is 0 Å². The van der Waals surface area contributed by atoms with Crippen LogP contribution in [-0.4, -0.2) is 46.2 Å². The Morgan fingerprint density at radius 1 is 1.03 bits per heavy atom. The summed E-state index contributed by atoms with van der Waals surface area (Å²) in [5.74, 6) is 2.31. The number of H-pyrrole nitrogens is 1. The molecule has 0 amide bonds. The van der Waals surface area contributed by atoms with E-state index in [9.17, 15) is 5.11 Å². The number of hydrogen-bond donors (Lipinski definition) is 2. The molecule has 1 saturated heterocycles. The topological polar surface area (TPSA) is 83.8 Å². The standard InChI is InChI=1S/C25H23N3O4/c29-19-9-10-28(14-19)25(20-13-26-27-24(20)22-2-1-11-30-22)17-5-3-16(4-6-17)18-7-8-21-23(12-18)32-15-31-21/h1-8,11-13,19,25,29H,9-10,14-15H2,(H,26,27). The van der Waals surface area contributed by atoms with E-state index in [1.165, 1.54) is 0 Å². The number of aliphatic hydroxyl groups excluding tert-OH is 1. The van der Waals surface area contributed by atoms with Gasteiger partial charge in [-0.3, -0.25) is 10.00 Å². The molecule has 2 aliphatic rings. The van der Waals surface area contributed by atoms with Gasteiger partial charge in [-0.15, -0.1) is 0 Å². The summed E-state index contributed by atoms with van der Waals surface area (Å²) in [6, 6.07) is 18.3. The van der Waals surface area contributed by atoms with Gasteiger partial charge in [0.1, 0.15) is 5.69 Å². The summed E-state index contributed by atoms with van der Waals surface area (Å²) in [6.45, 7) is 1.71. The van der Waals surface area contributed by atoms with Crippen LogP contribution in [0, 0.1) is 0 Å². The molecule has 2 aromatic carbocycles. The molecule has 162 valence electrons. The molecular formula is C25H23N3O4. The van der Waals surface area contributed by atoms with Crippen LogP contribution in [0.3, 0.4) is 0 Å². The van der Waals surface area contributed by atoms with E-state index in [1.54, 1.807) is 6.26 Å². The SMILES string of the molecule is OC1CCN(C(c2ccc(-c3ccc4c(c3)OCO4)cc2)c2cn[nH]c2-c2ccco2)C1. The highest BCUT2D eigenvalue weighted by Gasteiger charge is 2.32. The third-order valence-corrected chi connectivity index (χ3v) is 6.22. The van der Waals surface area contributed by atoms with Crippen molar-refractivity contribution in [3.63, 3.8) is 0 Å². The summed E-state index contributed by atoms with van der Waals surface area (Å²) in [6.07, 6.45) is 3.97. The molecular weight excluding hydrogens is 406 g/mol. The Morgan fingerprint density at radius 3 is 2.66 bits per heavy atom. The molecule has 7 nitrogen and oxygen atoms in total. The number of furan rings is 1. The van der Waals surface area contributed by atoms with Crippen molar-refractivity contribution in [2.24, 2.45) is 0 Å². The van der Waals surface area contributed by atoms with Gasteiger partial charge in [-0.1, -0.05) is 30.3 Å². The fraction of sp³-hybridized carbons (Fsp3) is 0.240. The minimum atomic E-state index is -0.315. The second-order valence-corrected chi connectivity index (χ2v) is 8.21. The smallest absolute Gasteiger partial charge is 0.231 e. The van der Waals surface area contributed by atoms with Crippen molar-refractivity contribution >= 4 is 0 Å². The molecule has 2 atom stereocenters. The number of rotatable bonds is 5. The molecule has 0 saturated carbocycles. The molecule has 0 bridgehead atoms. The Kier molecular flexibility index (Phi) is 4.70. The predicted octanol–water partition coefficient (Wildman–Crippen LogP) is 4.22. The fourth-order valence-corrected chi connectivity index (χ4v) is 4.64. The molecule has 0 spiro atoms. The third-order valence-electron chi connectivity index (χ3n) is 6.22. The van der Waals surface area contributed by atoms with Crippen LogP contribution in [0.1, 0.15) is 23.6 Å². The predicted molar refractivity (Wildman–Crippen MR) is 118 cm³/mol. The number of ether oxygens (including phenoxy) is 2. The van der Waals surface area contributed by atoms with E-state index in [0.29, 0.717) is 6.54 Å². The van der Waals surface area contributed by atoms with Gasteiger partial charge in [0, 0.05) is 18.7 Å². The van der Waals surface area contributed by atoms with E-state index >= 15 is 0 Å². The lowest BCUT2D eigenvalue weighted by atomic mass is 9.94. The highest BCUT2D eigenvalue weighted by atomic mass is 16.7. The van der Waals surface area contributed by atoms with Crippen molar-refractivity contribution in [1.82, 2.24) is 15.1 Å². The highest BCUT2D eigenvalue weighted by molar-refractivity contribution is 5.68. The van der Waals surface area contributed by atoms with Crippen molar-refractivity contribution in [2.75, 3.05) is 19.9 Å². The van der Waals surface area contributed by atoms with E-state index in [1.807, 2.05) is 36.5 Å². The first-order valence-electron chi connectivity index (χ1n) is 10.8. The zero-order valence-electron chi connectivity index (χ0n) is 17.4. The van der Waals surface area contributed by atoms with Gasteiger partial charge in [0.05, 0.1) is 24.6 Å². The molecule has 2 aliphatic heterocycles. The number of nitrogens with zero attached hydrogens (tertiary/aromatic N) is 2. The summed E-state index contributed by atoms with van der Waals surface area (Å²) in [5.41, 5.74) is 5.21. The zero-order chi connectivity index (χ0) is 21.5. The number of hydrogen-bond acceptors (Lipinski definition) is 6. The van der Waals surface area contributed by atoms with Gasteiger partial charge in [0.15, 0.2) is 17.3 Å². The fourth-order valence-electron chi connectivity index (χ4n) is 4.64. The van der Waals surface area contributed by atoms with Crippen LogP contribution in [-0.2, 0) is 0 Å². The lowest BCUT2D eigenvalue weighted by molar-refractivity contribution is 0.167. The van der Waals surface area contributed by atoms with Crippen molar-refractivity contribution in [3.05, 3.63) is 78.2 Å². The van der Waals surface area contributed by atoms with Crippen molar-refractivity contribution in [1.29, 1.82) is 0 Å². The Morgan fingerprint density at radius 2 is 1.88 bits per heavy atom. The van der Waals surface area contributed by atoms with Gasteiger partial charge < -0.3 is 19.0 Å². The maximum atomic E-state index is 10.2. The monoisotopic (exact) mass is 429 g/mol. The van der Waals surface area contributed by atoms with E-state index in [-0.39, 0.29) is 18.9 Å². The normalized spacial score (nSPS) is 18.8. The Balaban J connectivity index is 1.37. The lowest BCUT2D eigenvalue weighted by Gasteiger charge is -2.28. The first-order chi connectivity index (χ1) is 15.8. The van der Waals surface area contributed by atoms with Crippen LogP contribution in [0.15, 0.2) is 71.5 Å². The molecule has 2 N–H and O–H groups in total. The molecule has 4 aromatic rings. The maximum Gasteiger partial charge on any atom is 0.231 e. The van der Waals surface area contributed by atoms with E-state index < -0.39 is 0 Å². The highest BCUT2D eigenvalue weighted by Crippen LogP contribution is 2.39. The van der Waals surface area contributed by atoms with Crippen molar-refractivity contribution in [2.45, 2.75) is 18.6 Å². The maximum absolute atomic E-state index is 10.2. The number of likely N-dealkylation sites (tertiary alicyclic amines) is 1. The van der Waals surface area contributed by atoms with Crippen molar-refractivity contribution in [3.8, 4) is 34.1 Å². The number of aromatic nitrogens is 2. The quantitative estimate of drug-likeness (QED) is 0.494. The van der Waals surface area contributed by atoms with Gasteiger partial charge in [-0.25, -0.2) is 0 Å². The molecule has 4 heterocycles. The average molecular weight is 429 g/mol. The lowest BCUT2D eigenvalue weighted by Crippen LogP contribution is -2.28. The van der Waals surface area contributed by atoms with Crippen LogP contribution in [0.2, 0.25) is 0 Å². The van der Waals surface area contributed by atoms with Gasteiger partial charge in [-0.05, 0) is 47.4 Å². The Labute approximate surface area is 185 Å². The Bertz CT molecular complexity index is 1220. The summed E-state index contributed by atoms with van der Waals surface area (Å²) < 4.78 is 16.6. The van der Waals surface area contributed by atoms with Crippen LogP contribution in [0.25, 0.3) is 22.6 Å². The van der Waals surface area contributed by atoms with E-state index in [4.69, 9.17) is 13.9 Å². The molecule has 2 aromatic heterocycles. The van der Waals surface area contributed by atoms with Gasteiger partial charge >= 0.3 is 0 Å². The zero-order valence-corrected chi connectivity index (χ0v) is 17.4. The first-order valence-corrected chi connectivity index (χ1v) is 10.8. The van der Waals surface area contributed by atoms with Gasteiger partial charge in [0.25, 0.3) is 0 Å². The molecule has 6 rings (SSSR count). The number of aliphatic hydroxyl groups is 1. The molecule has 7 heteroatoms. The number of fused-ring (bicyclic) bond motifs is 1. The summed E-state index contributed by atoms with van der Waals surface area (Å²) in [4.78, 5) is 2.30. The minimum Gasteiger partial charge on any atom is -0.463 e. The number of aromatic amines is 1.